The first kappa shape index (κ1) is 19.6. The van der Waals surface area contributed by atoms with Crippen molar-refractivity contribution in [1.82, 2.24) is 10.2 Å². The van der Waals surface area contributed by atoms with E-state index in [1.54, 1.807) is 4.90 Å². The molecule has 0 bridgehead atoms. The number of alkyl halides is 2. The van der Waals surface area contributed by atoms with E-state index in [1.807, 2.05) is 0 Å². The lowest BCUT2D eigenvalue weighted by molar-refractivity contribution is 0.0609. The molecule has 1 N–H and O–H groups in total. The molecule has 10 heteroatoms. The smallest absolute Gasteiger partial charge is 0.338 e. The van der Waals surface area contributed by atoms with Gasteiger partial charge in [-0.2, -0.15) is 8.78 Å². The Hall–Kier alpha value is -0.770. The van der Waals surface area contributed by atoms with Crippen molar-refractivity contribution in [3.63, 3.8) is 0 Å². The van der Waals surface area contributed by atoms with Gasteiger partial charge in [0.25, 0.3) is 5.91 Å². The maximum atomic E-state index is 12.7. The highest BCUT2D eigenvalue weighted by molar-refractivity contribution is 7.92. The number of nitrogens with zero attached hydrogens (tertiary/aromatic N) is 1. The fourth-order valence-corrected chi connectivity index (χ4v) is 5.45. The van der Waals surface area contributed by atoms with Crippen LogP contribution in [0.15, 0.2) is 16.3 Å². The molecule has 0 radical (unpaired) electrons. The molecule has 3 rings (SSSR count). The minimum absolute atomic E-state index is 0. The zero-order chi connectivity index (χ0) is 16.7. The molecule has 24 heavy (non-hydrogen) atoms. The molecule has 0 atom stereocenters. The summed E-state index contributed by atoms with van der Waals surface area (Å²) in [6.07, 6.45) is 2.79. The summed E-state index contributed by atoms with van der Waals surface area (Å²) in [5.74, 6) is -3.97. The van der Waals surface area contributed by atoms with Crippen molar-refractivity contribution in [2.24, 2.45) is 5.41 Å². The number of carbonyl (C=O) groups excluding carboxylic acids is 1. The Morgan fingerprint density at radius 3 is 2.50 bits per heavy atom. The monoisotopic (exact) mass is 400 g/mol. The van der Waals surface area contributed by atoms with Crippen molar-refractivity contribution < 1.29 is 22.0 Å². The number of hydrogen-bond acceptors (Lipinski definition) is 5. The SMILES string of the molecule is Cl.O=C(c1sccc1S(=O)(=O)C(F)F)N1CCC2(CCNC2)CC1. The van der Waals surface area contributed by atoms with Crippen LogP contribution in [0.4, 0.5) is 8.78 Å². The van der Waals surface area contributed by atoms with Crippen LogP contribution in [0.1, 0.15) is 28.9 Å². The topological polar surface area (TPSA) is 66.5 Å². The van der Waals surface area contributed by atoms with Crippen molar-refractivity contribution in [2.45, 2.75) is 29.9 Å². The molecule has 0 saturated carbocycles. The van der Waals surface area contributed by atoms with Crippen molar-refractivity contribution in [1.29, 1.82) is 0 Å². The molecule has 0 unspecified atom stereocenters. The number of sulfone groups is 1. The molecule has 2 fully saturated rings. The van der Waals surface area contributed by atoms with Gasteiger partial charge in [0.2, 0.25) is 9.84 Å². The highest BCUT2D eigenvalue weighted by Crippen LogP contribution is 2.38. The van der Waals surface area contributed by atoms with Gasteiger partial charge in [-0.3, -0.25) is 4.79 Å². The molecular weight excluding hydrogens is 382 g/mol. The highest BCUT2D eigenvalue weighted by Gasteiger charge is 2.39. The minimum Gasteiger partial charge on any atom is -0.338 e. The Morgan fingerprint density at radius 2 is 1.96 bits per heavy atom. The molecule has 2 aliphatic rings. The summed E-state index contributed by atoms with van der Waals surface area (Å²) in [4.78, 5) is 13.5. The van der Waals surface area contributed by atoms with Gasteiger partial charge < -0.3 is 10.2 Å². The number of nitrogens with one attached hydrogen (secondary N) is 1. The van der Waals surface area contributed by atoms with Gasteiger partial charge in [0, 0.05) is 19.6 Å². The van der Waals surface area contributed by atoms with Crippen molar-refractivity contribution >= 4 is 39.5 Å². The number of likely N-dealkylation sites (tertiary alicyclic amines) is 1. The minimum atomic E-state index is -4.75. The molecule has 3 heterocycles. The fourth-order valence-electron chi connectivity index (χ4n) is 3.32. The average molecular weight is 401 g/mol. The summed E-state index contributed by atoms with van der Waals surface area (Å²) in [7, 11) is -4.75. The Kier molecular flexibility index (Phi) is 5.89. The molecule has 0 aromatic carbocycles. The van der Waals surface area contributed by atoms with E-state index in [2.05, 4.69) is 5.32 Å². The second kappa shape index (κ2) is 7.23. The van der Waals surface area contributed by atoms with Crippen LogP contribution in [-0.2, 0) is 9.84 Å². The van der Waals surface area contributed by atoms with Crippen LogP contribution >= 0.6 is 23.7 Å². The molecule has 136 valence electrons. The summed E-state index contributed by atoms with van der Waals surface area (Å²) < 4.78 is 48.9. The zero-order valence-electron chi connectivity index (χ0n) is 12.8. The first-order chi connectivity index (χ1) is 10.9. The number of thiophene rings is 1. The average Bonchev–Trinajstić information content (AvgIpc) is 3.17. The third kappa shape index (κ3) is 3.44. The highest BCUT2D eigenvalue weighted by atomic mass is 35.5. The number of rotatable bonds is 3. The Labute approximate surface area is 149 Å². The second-order valence-corrected chi connectivity index (χ2v) is 8.94. The number of halogens is 3. The van der Waals surface area contributed by atoms with Crippen molar-refractivity contribution in [3.05, 3.63) is 16.3 Å². The van der Waals surface area contributed by atoms with Crippen LogP contribution in [0.25, 0.3) is 0 Å². The summed E-state index contributed by atoms with van der Waals surface area (Å²) in [5.41, 5.74) is 0.226. The predicted octanol–water partition coefficient (Wildman–Crippen LogP) is 2.38. The molecule has 5 nitrogen and oxygen atoms in total. The first-order valence-electron chi connectivity index (χ1n) is 7.45. The molecule has 1 aromatic rings. The third-order valence-electron chi connectivity index (χ3n) is 4.81. The summed E-state index contributed by atoms with van der Waals surface area (Å²) in [5, 5.41) is 4.70. The number of amides is 1. The van der Waals surface area contributed by atoms with Crippen LogP contribution in [-0.4, -0.2) is 51.2 Å². The van der Waals surface area contributed by atoms with Gasteiger partial charge in [0.15, 0.2) is 0 Å². The Bertz CT molecular complexity index is 693. The molecule has 0 aliphatic carbocycles. The summed E-state index contributed by atoms with van der Waals surface area (Å²) >= 11 is 0.903. The van der Waals surface area contributed by atoms with E-state index < -0.39 is 26.4 Å². The van der Waals surface area contributed by atoms with Crippen LogP contribution < -0.4 is 5.32 Å². The molecule has 1 aromatic heterocycles. The van der Waals surface area contributed by atoms with Gasteiger partial charge in [-0.25, -0.2) is 8.42 Å². The van der Waals surface area contributed by atoms with Gasteiger partial charge >= 0.3 is 5.76 Å². The van der Waals surface area contributed by atoms with E-state index in [0.717, 1.165) is 49.8 Å². The van der Waals surface area contributed by atoms with Gasteiger partial charge in [0.05, 0.1) is 4.90 Å². The van der Waals surface area contributed by atoms with E-state index in [-0.39, 0.29) is 22.7 Å². The zero-order valence-corrected chi connectivity index (χ0v) is 15.3. The maximum absolute atomic E-state index is 12.7. The molecular formula is C14H19ClF2N2O3S2. The lowest BCUT2D eigenvalue weighted by Gasteiger charge is -2.38. The number of carbonyl (C=O) groups is 1. The molecule has 2 aliphatic heterocycles. The molecule has 1 amide bonds. The summed E-state index contributed by atoms with van der Waals surface area (Å²) in [6.45, 7) is 2.99. The Balaban J connectivity index is 0.00000208. The first-order valence-corrected chi connectivity index (χ1v) is 9.88. The van der Waals surface area contributed by atoms with Crippen molar-refractivity contribution in [2.75, 3.05) is 26.2 Å². The standard InChI is InChI=1S/C14H18F2N2O3S2.ClH/c15-13(16)23(20,21)10-1-8-22-11(10)12(19)18-6-3-14(4-7-18)2-5-17-9-14;/h1,8,13,17H,2-7,9H2;1H. The quantitative estimate of drug-likeness (QED) is 0.846. The lowest BCUT2D eigenvalue weighted by Crippen LogP contribution is -2.44. The van der Waals surface area contributed by atoms with Crippen LogP contribution in [0.2, 0.25) is 0 Å². The van der Waals surface area contributed by atoms with E-state index in [4.69, 9.17) is 0 Å². The molecule has 2 saturated heterocycles. The lowest BCUT2D eigenvalue weighted by atomic mass is 9.78. The van der Waals surface area contributed by atoms with Crippen molar-refractivity contribution in [3.8, 4) is 0 Å². The maximum Gasteiger partial charge on any atom is 0.341 e. The van der Waals surface area contributed by atoms with Gasteiger partial charge in [-0.05, 0) is 42.7 Å². The third-order valence-corrected chi connectivity index (χ3v) is 7.26. The van der Waals surface area contributed by atoms with E-state index in [9.17, 15) is 22.0 Å². The van der Waals surface area contributed by atoms with Crippen LogP contribution in [0, 0.1) is 5.41 Å². The van der Waals surface area contributed by atoms with E-state index in [0.29, 0.717) is 13.1 Å². The normalized spacial score (nSPS) is 20.4. The van der Waals surface area contributed by atoms with Crippen LogP contribution in [0.5, 0.6) is 0 Å². The van der Waals surface area contributed by atoms with Gasteiger partial charge in [-0.1, -0.05) is 0 Å². The fraction of sp³-hybridized carbons (Fsp3) is 0.643. The van der Waals surface area contributed by atoms with E-state index >= 15 is 0 Å². The predicted molar refractivity (Wildman–Crippen MR) is 89.8 cm³/mol. The largest absolute Gasteiger partial charge is 0.341 e. The second-order valence-electron chi connectivity index (χ2n) is 6.14. The number of piperidine rings is 1. The summed E-state index contributed by atoms with van der Waals surface area (Å²) in [6, 6.07) is 1.09. The van der Waals surface area contributed by atoms with Crippen LogP contribution in [0.3, 0.4) is 0 Å². The van der Waals surface area contributed by atoms with E-state index in [1.165, 1.54) is 5.38 Å². The number of hydrogen-bond donors (Lipinski definition) is 1. The Morgan fingerprint density at radius 1 is 1.29 bits per heavy atom. The molecule has 1 spiro atoms. The van der Waals surface area contributed by atoms with Gasteiger partial charge in [-0.15, -0.1) is 23.7 Å². The van der Waals surface area contributed by atoms with Gasteiger partial charge in [0.1, 0.15) is 4.88 Å².